The molecule has 1 aromatic rings. The third-order valence-electron chi connectivity index (χ3n) is 2.28. The van der Waals surface area contributed by atoms with Crippen LogP contribution in [0, 0.1) is 0 Å². The van der Waals surface area contributed by atoms with Gasteiger partial charge in [-0.25, -0.2) is 14.3 Å². The van der Waals surface area contributed by atoms with Gasteiger partial charge in [-0.1, -0.05) is 5.21 Å². The quantitative estimate of drug-likeness (QED) is 0.869. The summed E-state index contributed by atoms with van der Waals surface area (Å²) in [7, 11) is 0. The number of hydrogen-bond donors (Lipinski definition) is 2. The highest BCUT2D eigenvalue weighted by Crippen LogP contribution is 2.12. The van der Waals surface area contributed by atoms with Crippen LogP contribution in [-0.4, -0.2) is 37.8 Å². The lowest BCUT2D eigenvalue weighted by Gasteiger charge is -2.20. The van der Waals surface area contributed by atoms with E-state index in [4.69, 9.17) is 9.84 Å². The number of carboxylic acid groups (broad SMARTS) is 1. The highest BCUT2D eigenvalue weighted by molar-refractivity contribution is 5.86. The standard InChI is InChI=1S/C12H20N4O4/c1-7(2)16-8(9(10(17)18)14-15-16)6-13-11(19)20-12(3,4)5/h7H,6H2,1-5H3,(H,13,19)(H,17,18). The highest BCUT2D eigenvalue weighted by Gasteiger charge is 2.22. The number of rotatable bonds is 4. The van der Waals surface area contributed by atoms with E-state index in [1.165, 1.54) is 4.68 Å². The number of aromatic nitrogens is 3. The van der Waals surface area contributed by atoms with Gasteiger partial charge < -0.3 is 15.2 Å². The lowest BCUT2D eigenvalue weighted by Crippen LogP contribution is -2.33. The molecule has 1 rings (SSSR count). The molecule has 8 heteroatoms. The zero-order valence-corrected chi connectivity index (χ0v) is 12.3. The van der Waals surface area contributed by atoms with Gasteiger partial charge in [0.05, 0.1) is 12.2 Å². The molecule has 0 aliphatic heterocycles. The van der Waals surface area contributed by atoms with Crippen LogP contribution in [-0.2, 0) is 11.3 Å². The Labute approximate surface area is 117 Å². The van der Waals surface area contributed by atoms with Crippen LogP contribution in [0.5, 0.6) is 0 Å². The minimum atomic E-state index is -1.18. The number of hydrogen-bond acceptors (Lipinski definition) is 5. The van der Waals surface area contributed by atoms with Gasteiger partial charge in [0.1, 0.15) is 5.60 Å². The number of aromatic carboxylic acids is 1. The topological polar surface area (TPSA) is 106 Å². The summed E-state index contributed by atoms with van der Waals surface area (Å²) in [6, 6.07) is -0.0639. The normalized spacial score (nSPS) is 11.5. The molecular formula is C12H20N4O4. The van der Waals surface area contributed by atoms with Crippen LogP contribution >= 0.6 is 0 Å². The molecule has 0 spiro atoms. The van der Waals surface area contributed by atoms with Gasteiger partial charge in [0.25, 0.3) is 0 Å². The molecule has 20 heavy (non-hydrogen) atoms. The Balaban J connectivity index is 2.83. The van der Waals surface area contributed by atoms with E-state index in [0.29, 0.717) is 5.69 Å². The molecule has 1 heterocycles. The number of carboxylic acids is 1. The lowest BCUT2D eigenvalue weighted by atomic mass is 10.2. The maximum atomic E-state index is 11.6. The van der Waals surface area contributed by atoms with Crippen molar-refractivity contribution in [2.45, 2.75) is 52.8 Å². The van der Waals surface area contributed by atoms with Gasteiger partial charge in [0, 0.05) is 6.04 Å². The Bertz CT molecular complexity index is 502. The van der Waals surface area contributed by atoms with E-state index in [2.05, 4.69) is 15.6 Å². The first kappa shape index (κ1) is 15.9. The smallest absolute Gasteiger partial charge is 0.407 e. The van der Waals surface area contributed by atoms with Crippen molar-refractivity contribution in [3.05, 3.63) is 11.4 Å². The molecule has 0 atom stereocenters. The van der Waals surface area contributed by atoms with Crippen LogP contribution in [0.1, 0.15) is 56.8 Å². The minimum absolute atomic E-state index is 0.0122. The zero-order chi connectivity index (χ0) is 15.5. The van der Waals surface area contributed by atoms with Crippen LogP contribution in [0.3, 0.4) is 0 Å². The Kier molecular flexibility index (Phi) is 4.69. The second-order valence-electron chi connectivity index (χ2n) is 5.58. The van der Waals surface area contributed by atoms with Crippen molar-refractivity contribution in [2.24, 2.45) is 0 Å². The first-order valence-corrected chi connectivity index (χ1v) is 6.26. The van der Waals surface area contributed by atoms with Gasteiger partial charge in [-0.3, -0.25) is 0 Å². The molecule has 112 valence electrons. The Morgan fingerprint density at radius 3 is 2.45 bits per heavy atom. The molecule has 0 aromatic carbocycles. The van der Waals surface area contributed by atoms with Gasteiger partial charge in [0.15, 0.2) is 5.69 Å². The fourth-order valence-corrected chi connectivity index (χ4v) is 1.53. The maximum absolute atomic E-state index is 11.6. The van der Waals surface area contributed by atoms with Crippen molar-refractivity contribution in [2.75, 3.05) is 0 Å². The average molecular weight is 284 g/mol. The minimum Gasteiger partial charge on any atom is -0.476 e. The largest absolute Gasteiger partial charge is 0.476 e. The van der Waals surface area contributed by atoms with E-state index in [-0.39, 0.29) is 18.3 Å². The van der Waals surface area contributed by atoms with E-state index in [1.807, 2.05) is 13.8 Å². The fourth-order valence-electron chi connectivity index (χ4n) is 1.53. The molecule has 0 unspecified atom stereocenters. The SMILES string of the molecule is CC(C)n1nnc(C(=O)O)c1CNC(=O)OC(C)(C)C. The third kappa shape index (κ3) is 4.22. The van der Waals surface area contributed by atoms with E-state index >= 15 is 0 Å². The first-order valence-electron chi connectivity index (χ1n) is 6.26. The summed E-state index contributed by atoms with van der Waals surface area (Å²) in [6.07, 6.45) is -0.620. The summed E-state index contributed by atoms with van der Waals surface area (Å²) in [6.45, 7) is 8.91. The highest BCUT2D eigenvalue weighted by atomic mass is 16.6. The van der Waals surface area contributed by atoms with Crippen molar-refractivity contribution in [3.8, 4) is 0 Å². The van der Waals surface area contributed by atoms with Crippen LogP contribution in [0.2, 0.25) is 0 Å². The maximum Gasteiger partial charge on any atom is 0.407 e. The van der Waals surface area contributed by atoms with Gasteiger partial charge >= 0.3 is 12.1 Å². The molecule has 2 N–H and O–H groups in total. The first-order chi connectivity index (χ1) is 9.11. The van der Waals surface area contributed by atoms with Crippen LogP contribution in [0.25, 0.3) is 0 Å². The predicted molar refractivity (Wildman–Crippen MR) is 70.4 cm³/mol. The van der Waals surface area contributed by atoms with Crippen molar-refractivity contribution in [1.29, 1.82) is 0 Å². The monoisotopic (exact) mass is 284 g/mol. The average Bonchev–Trinajstić information content (AvgIpc) is 2.67. The second-order valence-corrected chi connectivity index (χ2v) is 5.58. The third-order valence-corrected chi connectivity index (χ3v) is 2.28. The van der Waals surface area contributed by atoms with Crippen molar-refractivity contribution in [1.82, 2.24) is 20.3 Å². The van der Waals surface area contributed by atoms with Crippen LogP contribution in [0.15, 0.2) is 0 Å². The predicted octanol–water partition coefficient (Wildman–Crippen LogP) is 1.58. The van der Waals surface area contributed by atoms with E-state index < -0.39 is 17.7 Å². The molecule has 0 aliphatic carbocycles. The number of ether oxygens (including phenoxy) is 1. The summed E-state index contributed by atoms with van der Waals surface area (Å²) in [5.74, 6) is -1.18. The van der Waals surface area contributed by atoms with Gasteiger partial charge in [-0.15, -0.1) is 5.10 Å². The fraction of sp³-hybridized carbons (Fsp3) is 0.667. The van der Waals surface area contributed by atoms with Gasteiger partial charge in [-0.2, -0.15) is 0 Å². The molecule has 0 saturated heterocycles. The van der Waals surface area contributed by atoms with E-state index in [9.17, 15) is 9.59 Å². The van der Waals surface area contributed by atoms with Crippen LogP contribution in [0.4, 0.5) is 4.79 Å². The van der Waals surface area contributed by atoms with Gasteiger partial charge in [0.2, 0.25) is 0 Å². The molecule has 0 aliphatic rings. The van der Waals surface area contributed by atoms with Gasteiger partial charge in [-0.05, 0) is 34.6 Å². The van der Waals surface area contributed by atoms with Crippen LogP contribution < -0.4 is 5.32 Å². The number of nitrogens with zero attached hydrogens (tertiary/aromatic N) is 3. The van der Waals surface area contributed by atoms with Crippen molar-refractivity contribution >= 4 is 12.1 Å². The Morgan fingerprint density at radius 1 is 1.40 bits per heavy atom. The number of amides is 1. The molecule has 8 nitrogen and oxygen atoms in total. The summed E-state index contributed by atoms with van der Waals surface area (Å²) >= 11 is 0. The molecule has 1 aromatic heterocycles. The van der Waals surface area contributed by atoms with E-state index in [1.54, 1.807) is 20.8 Å². The van der Waals surface area contributed by atoms with E-state index in [0.717, 1.165) is 0 Å². The number of carbonyl (C=O) groups excluding carboxylic acids is 1. The molecule has 0 fully saturated rings. The second kappa shape index (κ2) is 5.89. The number of carbonyl (C=O) groups is 2. The lowest BCUT2D eigenvalue weighted by molar-refractivity contribution is 0.0519. The Hall–Kier alpha value is -2.12. The summed E-state index contributed by atoms with van der Waals surface area (Å²) in [5.41, 5.74) is -0.455. The molecule has 0 bridgehead atoms. The van der Waals surface area contributed by atoms with Crippen molar-refractivity contribution in [3.63, 3.8) is 0 Å². The summed E-state index contributed by atoms with van der Waals surface area (Å²) in [5, 5.41) is 19.0. The molecule has 0 radical (unpaired) electrons. The number of nitrogens with one attached hydrogen (secondary N) is 1. The molecule has 0 saturated carbocycles. The molecule has 1 amide bonds. The summed E-state index contributed by atoms with van der Waals surface area (Å²) < 4.78 is 6.55. The van der Waals surface area contributed by atoms with Crippen molar-refractivity contribution < 1.29 is 19.4 Å². The number of alkyl carbamates (subject to hydrolysis) is 1. The summed E-state index contributed by atoms with van der Waals surface area (Å²) in [4.78, 5) is 22.7. The Morgan fingerprint density at radius 2 is 2.00 bits per heavy atom. The molecular weight excluding hydrogens is 264 g/mol. The zero-order valence-electron chi connectivity index (χ0n) is 12.3.